The van der Waals surface area contributed by atoms with Gasteiger partial charge in [-0.3, -0.25) is 9.59 Å². The average molecular weight is 291 g/mol. The Hall–Kier alpha value is -2.37. The van der Waals surface area contributed by atoms with Crippen molar-refractivity contribution >= 4 is 17.8 Å². The van der Waals surface area contributed by atoms with Crippen LogP contribution in [0.3, 0.4) is 0 Å². The first-order valence-corrected chi connectivity index (χ1v) is 6.80. The van der Waals surface area contributed by atoms with E-state index in [0.29, 0.717) is 12.8 Å². The Kier molecular flexibility index (Phi) is 4.57. The zero-order valence-electron chi connectivity index (χ0n) is 11.5. The maximum absolute atomic E-state index is 11.8. The minimum Gasteiger partial charge on any atom is -0.481 e. The maximum atomic E-state index is 11.8. The molecule has 0 aromatic heterocycles. The Balaban J connectivity index is 2.16. The molecule has 2 rings (SSSR count). The molecule has 0 radical (unpaired) electrons. The van der Waals surface area contributed by atoms with Crippen molar-refractivity contribution in [2.45, 2.75) is 38.3 Å². The van der Waals surface area contributed by atoms with Gasteiger partial charge < -0.3 is 15.1 Å². The van der Waals surface area contributed by atoms with E-state index in [1.54, 1.807) is 12.1 Å². The van der Waals surface area contributed by atoms with Gasteiger partial charge in [-0.2, -0.15) is 0 Å². The summed E-state index contributed by atoms with van der Waals surface area (Å²) in [5, 5.41) is 17.9. The highest BCUT2D eigenvalue weighted by Crippen LogP contribution is 2.23. The van der Waals surface area contributed by atoms with Gasteiger partial charge in [-0.05, 0) is 24.0 Å². The van der Waals surface area contributed by atoms with E-state index in [4.69, 9.17) is 10.2 Å². The molecule has 1 amide bonds. The van der Waals surface area contributed by atoms with Gasteiger partial charge in [-0.15, -0.1) is 0 Å². The van der Waals surface area contributed by atoms with Gasteiger partial charge in [0.2, 0.25) is 5.91 Å². The van der Waals surface area contributed by atoms with Crippen molar-refractivity contribution in [3.8, 4) is 0 Å². The molecule has 1 fully saturated rings. The third kappa shape index (κ3) is 3.59. The molecule has 2 N–H and O–H groups in total. The largest absolute Gasteiger partial charge is 0.481 e. The molecule has 0 spiro atoms. The standard InChI is InChI=1S/C15H17NO5/c17-13-7-6-12(15(20)21)16(13)9-11-4-2-1-3-10(11)5-8-14(18)19/h1-4,12H,5-9H2,(H,18,19)(H,20,21). The van der Waals surface area contributed by atoms with E-state index in [-0.39, 0.29) is 25.3 Å². The number of carbonyl (C=O) groups is 3. The van der Waals surface area contributed by atoms with Crippen molar-refractivity contribution in [1.82, 2.24) is 4.90 Å². The fourth-order valence-corrected chi connectivity index (χ4v) is 2.57. The lowest BCUT2D eigenvalue weighted by atomic mass is 10.0. The summed E-state index contributed by atoms with van der Waals surface area (Å²) in [6.07, 6.45) is 0.943. The third-order valence-corrected chi connectivity index (χ3v) is 3.68. The number of carbonyl (C=O) groups excluding carboxylic acids is 1. The predicted octanol–water partition coefficient (Wildman–Crippen LogP) is 1.28. The first-order valence-electron chi connectivity index (χ1n) is 6.80. The molecule has 1 aliphatic heterocycles. The Labute approximate surface area is 122 Å². The molecule has 21 heavy (non-hydrogen) atoms. The van der Waals surface area contributed by atoms with E-state index in [9.17, 15) is 14.4 Å². The fraction of sp³-hybridized carbons (Fsp3) is 0.400. The summed E-state index contributed by atoms with van der Waals surface area (Å²) >= 11 is 0. The third-order valence-electron chi connectivity index (χ3n) is 3.68. The number of aryl methyl sites for hydroxylation is 1. The van der Waals surface area contributed by atoms with Crippen LogP contribution < -0.4 is 0 Å². The van der Waals surface area contributed by atoms with Crippen molar-refractivity contribution in [3.05, 3.63) is 35.4 Å². The van der Waals surface area contributed by atoms with E-state index in [1.165, 1.54) is 4.90 Å². The molecule has 1 saturated heterocycles. The first kappa shape index (κ1) is 15.0. The number of rotatable bonds is 6. The van der Waals surface area contributed by atoms with Gasteiger partial charge in [0.05, 0.1) is 0 Å². The molecular weight excluding hydrogens is 274 g/mol. The van der Waals surface area contributed by atoms with E-state index in [1.807, 2.05) is 12.1 Å². The van der Waals surface area contributed by atoms with Gasteiger partial charge in [0.1, 0.15) is 6.04 Å². The Morgan fingerprint density at radius 2 is 1.86 bits per heavy atom. The van der Waals surface area contributed by atoms with Gasteiger partial charge >= 0.3 is 11.9 Å². The molecule has 6 nitrogen and oxygen atoms in total. The van der Waals surface area contributed by atoms with Crippen LogP contribution in [0.1, 0.15) is 30.4 Å². The molecule has 0 bridgehead atoms. The lowest BCUT2D eigenvalue weighted by Crippen LogP contribution is -2.38. The first-order chi connectivity index (χ1) is 9.99. The second-order valence-corrected chi connectivity index (χ2v) is 5.08. The fourth-order valence-electron chi connectivity index (χ4n) is 2.57. The average Bonchev–Trinajstić information content (AvgIpc) is 2.79. The minimum absolute atomic E-state index is 0.00726. The van der Waals surface area contributed by atoms with Gasteiger partial charge in [0, 0.05) is 19.4 Å². The zero-order valence-corrected chi connectivity index (χ0v) is 11.5. The highest BCUT2D eigenvalue weighted by molar-refractivity contribution is 5.87. The molecule has 0 saturated carbocycles. The summed E-state index contributed by atoms with van der Waals surface area (Å²) in [6, 6.07) is 6.44. The molecule has 112 valence electrons. The summed E-state index contributed by atoms with van der Waals surface area (Å²) in [7, 11) is 0. The van der Waals surface area contributed by atoms with Gasteiger partial charge in [-0.25, -0.2) is 4.79 Å². The Bertz CT molecular complexity index is 569. The predicted molar refractivity (Wildman–Crippen MR) is 73.6 cm³/mol. The van der Waals surface area contributed by atoms with Crippen LogP contribution in [-0.2, 0) is 27.3 Å². The van der Waals surface area contributed by atoms with Crippen LogP contribution in [0.4, 0.5) is 0 Å². The Morgan fingerprint density at radius 1 is 1.19 bits per heavy atom. The van der Waals surface area contributed by atoms with Crippen molar-refractivity contribution < 1.29 is 24.6 Å². The number of hydrogen-bond acceptors (Lipinski definition) is 3. The number of likely N-dealkylation sites (tertiary alicyclic amines) is 1. The minimum atomic E-state index is -0.996. The summed E-state index contributed by atoms with van der Waals surface area (Å²) in [6.45, 7) is 0.214. The molecular formula is C15H17NO5. The second kappa shape index (κ2) is 6.39. The summed E-state index contributed by atoms with van der Waals surface area (Å²) in [5.74, 6) is -2.05. The highest BCUT2D eigenvalue weighted by atomic mass is 16.4. The number of benzene rings is 1. The lowest BCUT2D eigenvalue weighted by Gasteiger charge is -2.23. The highest BCUT2D eigenvalue weighted by Gasteiger charge is 2.36. The number of carboxylic acid groups (broad SMARTS) is 2. The van der Waals surface area contributed by atoms with Crippen molar-refractivity contribution in [3.63, 3.8) is 0 Å². The number of nitrogens with zero attached hydrogens (tertiary/aromatic N) is 1. The van der Waals surface area contributed by atoms with E-state index < -0.39 is 18.0 Å². The number of amides is 1. The maximum Gasteiger partial charge on any atom is 0.326 e. The molecule has 1 heterocycles. The van der Waals surface area contributed by atoms with Crippen molar-refractivity contribution in [1.29, 1.82) is 0 Å². The van der Waals surface area contributed by atoms with E-state index in [0.717, 1.165) is 11.1 Å². The van der Waals surface area contributed by atoms with Gasteiger partial charge in [-0.1, -0.05) is 24.3 Å². The number of carboxylic acids is 2. The summed E-state index contributed by atoms with van der Waals surface area (Å²) in [5.41, 5.74) is 1.64. The van der Waals surface area contributed by atoms with Crippen LogP contribution in [0.15, 0.2) is 24.3 Å². The normalized spacial score (nSPS) is 18.0. The zero-order chi connectivity index (χ0) is 15.4. The topological polar surface area (TPSA) is 94.9 Å². The smallest absolute Gasteiger partial charge is 0.326 e. The lowest BCUT2D eigenvalue weighted by molar-refractivity contribution is -0.146. The monoisotopic (exact) mass is 291 g/mol. The molecule has 1 aromatic rings. The SMILES string of the molecule is O=C(O)CCc1ccccc1CN1C(=O)CCC1C(=O)O. The van der Waals surface area contributed by atoms with Crippen molar-refractivity contribution in [2.75, 3.05) is 0 Å². The van der Waals surface area contributed by atoms with Crippen LogP contribution >= 0.6 is 0 Å². The van der Waals surface area contributed by atoms with Crippen molar-refractivity contribution in [2.24, 2.45) is 0 Å². The van der Waals surface area contributed by atoms with Crippen LogP contribution in [0.5, 0.6) is 0 Å². The van der Waals surface area contributed by atoms with Gasteiger partial charge in [0.15, 0.2) is 0 Å². The van der Waals surface area contributed by atoms with Crippen LogP contribution in [-0.4, -0.2) is 39.0 Å². The van der Waals surface area contributed by atoms with Crippen LogP contribution in [0.2, 0.25) is 0 Å². The molecule has 6 heteroatoms. The van der Waals surface area contributed by atoms with E-state index in [2.05, 4.69) is 0 Å². The summed E-state index contributed by atoms with van der Waals surface area (Å²) < 4.78 is 0. The van der Waals surface area contributed by atoms with Gasteiger partial charge in [0.25, 0.3) is 0 Å². The molecule has 1 atom stereocenters. The molecule has 1 aliphatic rings. The van der Waals surface area contributed by atoms with Crippen LogP contribution in [0, 0.1) is 0 Å². The number of aliphatic carboxylic acids is 2. The molecule has 1 aromatic carbocycles. The number of hydrogen-bond donors (Lipinski definition) is 2. The van der Waals surface area contributed by atoms with Crippen LogP contribution in [0.25, 0.3) is 0 Å². The quantitative estimate of drug-likeness (QED) is 0.823. The van der Waals surface area contributed by atoms with E-state index >= 15 is 0 Å². The Morgan fingerprint density at radius 3 is 2.48 bits per heavy atom. The summed E-state index contributed by atoms with van der Waals surface area (Å²) in [4.78, 5) is 35.1. The molecule has 1 unspecified atom stereocenters. The second-order valence-electron chi connectivity index (χ2n) is 5.08. The molecule has 0 aliphatic carbocycles.